The van der Waals surface area contributed by atoms with Crippen LogP contribution in [0.5, 0.6) is 11.5 Å². The van der Waals surface area contributed by atoms with E-state index in [1.807, 2.05) is 31.2 Å². The summed E-state index contributed by atoms with van der Waals surface area (Å²) in [4.78, 5) is 22.2. The van der Waals surface area contributed by atoms with Crippen LogP contribution in [-0.2, 0) is 0 Å². The molecule has 0 bridgehead atoms. The van der Waals surface area contributed by atoms with Crippen LogP contribution in [0.4, 0.5) is 17.2 Å². The molecule has 0 atom stereocenters. The Morgan fingerprint density at radius 2 is 1.73 bits per heavy atom. The highest BCUT2D eigenvalue weighted by atomic mass is 16.6. The molecule has 172 valence electrons. The number of nitro benzene ring substituents is 1. The number of non-ortho nitro benzene ring substituents is 1. The third-order valence-corrected chi connectivity index (χ3v) is 5.70. The van der Waals surface area contributed by atoms with Crippen molar-refractivity contribution in [3.63, 3.8) is 0 Å². The number of anilines is 2. The maximum atomic E-state index is 11.1. The van der Waals surface area contributed by atoms with Crippen LogP contribution in [0.25, 0.3) is 11.4 Å². The van der Waals surface area contributed by atoms with Crippen molar-refractivity contribution >= 4 is 17.2 Å². The van der Waals surface area contributed by atoms with Gasteiger partial charge in [0.05, 0.1) is 19.1 Å². The fourth-order valence-corrected chi connectivity index (χ4v) is 3.98. The van der Waals surface area contributed by atoms with Crippen molar-refractivity contribution in [3.05, 3.63) is 64.3 Å². The Hall–Kier alpha value is -3.88. The lowest BCUT2D eigenvalue weighted by atomic mass is 10.0. The fraction of sp³-hybridized carbons (Fsp3) is 0.333. The molecule has 1 aromatic heterocycles. The molecule has 1 saturated heterocycles. The molecule has 0 amide bonds. The first-order chi connectivity index (χ1) is 15.9. The topological polar surface area (TPSA) is 103 Å². The first-order valence-corrected chi connectivity index (χ1v) is 10.8. The number of rotatable bonds is 7. The summed E-state index contributed by atoms with van der Waals surface area (Å²) in [7, 11) is 3.28. The SMILES string of the molecule is COc1cc(NC2CCN(c3cc(C)nc(-c4cccc([N+](=O)[O-])c4)n3)CC2)cc(OC)c1. The molecule has 2 heterocycles. The van der Waals surface area contributed by atoms with Gasteiger partial charge in [0.1, 0.15) is 17.3 Å². The Morgan fingerprint density at radius 3 is 2.36 bits per heavy atom. The summed E-state index contributed by atoms with van der Waals surface area (Å²) < 4.78 is 10.7. The first-order valence-electron chi connectivity index (χ1n) is 10.8. The smallest absolute Gasteiger partial charge is 0.270 e. The maximum Gasteiger partial charge on any atom is 0.270 e. The summed E-state index contributed by atoms with van der Waals surface area (Å²) >= 11 is 0. The zero-order valence-electron chi connectivity index (χ0n) is 18.9. The fourth-order valence-electron chi connectivity index (χ4n) is 3.98. The predicted octanol–water partition coefficient (Wildman–Crippen LogP) is 4.46. The maximum absolute atomic E-state index is 11.1. The second kappa shape index (κ2) is 9.72. The van der Waals surface area contributed by atoms with E-state index in [1.54, 1.807) is 26.4 Å². The average Bonchev–Trinajstić information content (AvgIpc) is 2.84. The van der Waals surface area contributed by atoms with Crippen molar-refractivity contribution < 1.29 is 14.4 Å². The number of methoxy groups -OCH3 is 2. The van der Waals surface area contributed by atoms with Crippen molar-refractivity contribution in [1.29, 1.82) is 0 Å². The van der Waals surface area contributed by atoms with Crippen LogP contribution in [0.1, 0.15) is 18.5 Å². The second-order valence-electron chi connectivity index (χ2n) is 8.01. The lowest BCUT2D eigenvalue weighted by Crippen LogP contribution is -2.39. The lowest BCUT2D eigenvalue weighted by molar-refractivity contribution is -0.384. The highest BCUT2D eigenvalue weighted by molar-refractivity contribution is 5.61. The quantitative estimate of drug-likeness (QED) is 0.417. The molecule has 2 aromatic carbocycles. The number of aromatic nitrogens is 2. The normalized spacial score (nSPS) is 14.1. The molecule has 0 aliphatic carbocycles. The van der Waals surface area contributed by atoms with Gasteiger partial charge in [-0.3, -0.25) is 10.1 Å². The zero-order valence-corrected chi connectivity index (χ0v) is 18.9. The van der Waals surface area contributed by atoms with Crippen LogP contribution in [0.15, 0.2) is 48.5 Å². The van der Waals surface area contributed by atoms with E-state index in [4.69, 9.17) is 14.5 Å². The number of piperidine rings is 1. The van der Waals surface area contributed by atoms with Gasteiger partial charge in [-0.2, -0.15) is 0 Å². The minimum atomic E-state index is -0.407. The predicted molar refractivity (Wildman–Crippen MR) is 127 cm³/mol. The van der Waals surface area contributed by atoms with Crippen molar-refractivity contribution in [2.75, 3.05) is 37.5 Å². The number of nitrogens with zero attached hydrogens (tertiary/aromatic N) is 4. The van der Waals surface area contributed by atoms with Crippen LogP contribution >= 0.6 is 0 Å². The van der Waals surface area contributed by atoms with E-state index in [0.717, 1.165) is 54.6 Å². The molecule has 1 aliphatic rings. The summed E-state index contributed by atoms with van der Waals surface area (Å²) in [6, 6.07) is 14.5. The van der Waals surface area contributed by atoms with Gasteiger partial charge in [-0.1, -0.05) is 12.1 Å². The van der Waals surface area contributed by atoms with Gasteiger partial charge < -0.3 is 19.7 Å². The van der Waals surface area contributed by atoms with Gasteiger partial charge in [0, 0.05) is 72.5 Å². The van der Waals surface area contributed by atoms with E-state index in [0.29, 0.717) is 17.4 Å². The molecule has 9 nitrogen and oxygen atoms in total. The minimum Gasteiger partial charge on any atom is -0.497 e. The Kier molecular flexibility index (Phi) is 6.58. The van der Waals surface area contributed by atoms with E-state index in [9.17, 15) is 10.1 Å². The number of ether oxygens (including phenoxy) is 2. The second-order valence-corrected chi connectivity index (χ2v) is 8.01. The molecule has 3 aromatic rings. The standard InChI is InChI=1S/C24H27N5O4/c1-16-11-23(27-24(25-16)17-5-4-6-20(12-17)29(30)31)28-9-7-18(8-10-28)26-19-13-21(32-2)15-22(14-19)33-3/h4-6,11-15,18,26H,7-10H2,1-3H3. The first kappa shape index (κ1) is 22.3. The molecule has 1 N–H and O–H groups in total. The van der Waals surface area contributed by atoms with E-state index in [-0.39, 0.29) is 5.69 Å². The molecular weight excluding hydrogens is 422 g/mol. The number of hydrogen-bond donors (Lipinski definition) is 1. The number of hydrogen-bond acceptors (Lipinski definition) is 8. The van der Waals surface area contributed by atoms with Gasteiger partial charge in [0.15, 0.2) is 5.82 Å². The highest BCUT2D eigenvalue weighted by Crippen LogP contribution is 2.29. The molecule has 9 heteroatoms. The molecule has 0 saturated carbocycles. The molecule has 0 spiro atoms. The Labute approximate surface area is 192 Å². The van der Waals surface area contributed by atoms with E-state index < -0.39 is 4.92 Å². The van der Waals surface area contributed by atoms with Gasteiger partial charge in [0.25, 0.3) is 5.69 Å². The van der Waals surface area contributed by atoms with E-state index >= 15 is 0 Å². The van der Waals surface area contributed by atoms with Gasteiger partial charge >= 0.3 is 0 Å². The molecule has 1 fully saturated rings. The molecule has 33 heavy (non-hydrogen) atoms. The molecule has 4 rings (SSSR count). The largest absolute Gasteiger partial charge is 0.497 e. The molecule has 1 aliphatic heterocycles. The Morgan fingerprint density at radius 1 is 1.03 bits per heavy atom. The van der Waals surface area contributed by atoms with Crippen molar-refractivity contribution in [1.82, 2.24) is 9.97 Å². The van der Waals surface area contributed by atoms with Gasteiger partial charge in [0.2, 0.25) is 0 Å². The average molecular weight is 450 g/mol. The molecule has 0 unspecified atom stereocenters. The van der Waals surface area contributed by atoms with Gasteiger partial charge in [-0.05, 0) is 19.8 Å². The van der Waals surface area contributed by atoms with Crippen LogP contribution in [0, 0.1) is 17.0 Å². The summed E-state index contributed by atoms with van der Waals surface area (Å²) in [6.45, 7) is 3.59. The molecule has 0 radical (unpaired) electrons. The van der Waals surface area contributed by atoms with Gasteiger partial charge in [-0.15, -0.1) is 0 Å². The highest BCUT2D eigenvalue weighted by Gasteiger charge is 2.22. The summed E-state index contributed by atoms with van der Waals surface area (Å²) in [6.07, 6.45) is 1.88. The third kappa shape index (κ3) is 5.31. The summed E-state index contributed by atoms with van der Waals surface area (Å²) in [5, 5.41) is 14.7. The summed E-state index contributed by atoms with van der Waals surface area (Å²) in [5.41, 5.74) is 2.46. The van der Waals surface area contributed by atoms with E-state index in [1.165, 1.54) is 12.1 Å². The number of nitrogens with one attached hydrogen (secondary N) is 1. The zero-order chi connectivity index (χ0) is 23.4. The van der Waals surface area contributed by atoms with Crippen LogP contribution in [0.3, 0.4) is 0 Å². The Balaban J connectivity index is 1.46. The monoisotopic (exact) mass is 449 g/mol. The number of benzene rings is 2. The number of nitro groups is 1. The van der Waals surface area contributed by atoms with Crippen LogP contribution < -0.4 is 19.7 Å². The minimum absolute atomic E-state index is 0.0280. The lowest BCUT2D eigenvalue weighted by Gasteiger charge is -2.34. The van der Waals surface area contributed by atoms with E-state index in [2.05, 4.69) is 15.2 Å². The summed E-state index contributed by atoms with van der Waals surface area (Å²) in [5.74, 6) is 2.83. The van der Waals surface area contributed by atoms with Crippen molar-refractivity contribution in [2.45, 2.75) is 25.8 Å². The van der Waals surface area contributed by atoms with Crippen molar-refractivity contribution in [3.8, 4) is 22.9 Å². The third-order valence-electron chi connectivity index (χ3n) is 5.70. The Bertz CT molecular complexity index is 1120. The molecular formula is C24H27N5O4. The van der Waals surface area contributed by atoms with Crippen LogP contribution in [-0.4, -0.2) is 48.2 Å². The van der Waals surface area contributed by atoms with Crippen molar-refractivity contribution in [2.24, 2.45) is 0 Å². The number of aryl methyl sites for hydroxylation is 1. The van der Waals surface area contributed by atoms with Crippen LogP contribution in [0.2, 0.25) is 0 Å². The van der Waals surface area contributed by atoms with Gasteiger partial charge in [-0.25, -0.2) is 9.97 Å².